The first kappa shape index (κ1) is 14.6. The second-order valence-corrected chi connectivity index (χ2v) is 5.10. The molecule has 3 N–H and O–H groups in total. The lowest BCUT2D eigenvalue weighted by Gasteiger charge is -2.20. The smallest absolute Gasteiger partial charge is 0.124 e. The number of methoxy groups -OCH3 is 1. The minimum absolute atomic E-state index is 0.151. The molecule has 0 amide bonds. The molecule has 1 unspecified atom stereocenters. The zero-order chi connectivity index (χ0) is 14.9. The van der Waals surface area contributed by atoms with Crippen LogP contribution in [0.25, 0.3) is 0 Å². The zero-order valence-corrected chi connectivity index (χ0v) is 12.7. The molecule has 1 aromatic carbocycles. The summed E-state index contributed by atoms with van der Waals surface area (Å²) in [6, 6.07) is 5.93. The van der Waals surface area contributed by atoms with E-state index in [-0.39, 0.29) is 6.04 Å². The van der Waals surface area contributed by atoms with E-state index in [0.717, 1.165) is 39.5 Å². The van der Waals surface area contributed by atoms with Gasteiger partial charge in [-0.1, -0.05) is 17.7 Å². The van der Waals surface area contributed by atoms with Crippen LogP contribution < -0.4 is 16.0 Å². The summed E-state index contributed by atoms with van der Waals surface area (Å²) in [6.45, 7) is 8.03. The molecule has 4 heteroatoms. The summed E-state index contributed by atoms with van der Waals surface area (Å²) in [5, 5.41) is 0. The molecule has 20 heavy (non-hydrogen) atoms. The number of nitrogens with two attached hydrogens (primary N) is 1. The normalized spacial score (nSPS) is 12.5. The van der Waals surface area contributed by atoms with Crippen LogP contribution >= 0.6 is 0 Å². The van der Waals surface area contributed by atoms with Crippen molar-refractivity contribution in [3.05, 3.63) is 52.0 Å². The Morgan fingerprint density at radius 1 is 1.15 bits per heavy atom. The number of furan rings is 1. The molecule has 1 aromatic heterocycles. The Balaban J connectivity index is 2.61. The predicted molar refractivity (Wildman–Crippen MR) is 79.8 cm³/mol. The van der Waals surface area contributed by atoms with Crippen molar-refractivity contribution >= 4 is 0 Å². The molecule has 0 spiro atoms. The van der Waals surface area contributed by atoms with Crippen molar-refractivity contribution in [3.8, 4) is 5.75 Å². The molecule has 0 aliphatic carbocycles. The fraction of sp³-hybridized carbons (Fsp3) is 0.375. The van der Waals surface area contributed by atoms with Crippen molar-refractivity contribution in [1.29, 1.82) is 0 Å². The van der Waals surface area contributed by atoms with Gasteiger partial charge >= 0.3 is 0 Å². The average molecular weight is 274 g/mol. The van der Waals surface area contributed by atoms with Gasteiger partial charge in [-0.2, -0.15) is 0 Å². The van der Waals surface area contributed by atoms with E-state index in [9.17, 15) is 0 Å². The van der Waals surface area contributed by atoms with E-state index in [1.165, 1.54) is 0 Å². The van der Waals surface area contributed by atoms with E-state index < -0.39 is 0 Å². The zero-order valence-electron chi connectivity index (χ0n) is 12.7. The number of ether oxygens (including phenoxy) is 1. The highest BCUT2D eigenvalue weighted by Gasteiger charge is 2.24. The third-order valence-electron chi connectivity index (χ3n) is 3.77. The van der Waals surface area contributed by atoms with E-state index in [4.69, 9.17) is 15.0 Å². The van der Waals surface area contributed by atoms with Gasteiger partial charge in [0.2, 0.25) is 0 Å². The Kier molecular flexibility index (Phi) is 4.16. The quantitative estimate of drug-likeness (QED) is 0.664. The van der Waals surface area contributed by atoms with Gasteiger partial charge in [-0.3, -0.25) is 5.84 Å². The Bertz CT molecular complexity index is 617. The van der Waals surface area contributed by atoms with Crippen LogP contribution in [0.4, 0.5) is 0 Å². The maximum Gasteiger partial charge on any atom is 0.124 e. The molecular formula is C16H22N2O2. The summed E-state index contributed by atoms with van der Waals surface area (Å²) in [7, 11) is 1.67. The number of aryl methyl sites for hydroxylation is 3. The van der Waals surface area contributed by atoms with Gasteiger partial charge in [0.05, 0.1) is 13.2 Å². The molecule has 0 radical (unpaired) electrons. The van der Waals surface area contributed by atoms with Crippen LogP contribution in [0.5, 0.6) is 5.75 Å². The van der Waals surface area contributed by atoms with E-state index in [1.54, 1.807) is 7.11 Å². The third kappa shape index (κ3) is 2.44. The Morgan fingerprint density at radius 2 is 1.85 bits per heavy atom. The van der Waals surface area contributed by atoms with E-state index in [0.29, 0.717) is 0 Å². The van der Waals surface area contributed by atoms with Gasteiger partial charge < -0.3 is 9.15 Å². The lowest BCUT2D eigenvalue weighted by molar-refractivity contribution is 0.403. The predicted octanol–water partition coefficient (Wildman–Crippen LogP) is 3.07. The summed E-state index contributed by atoms with van der Waals surface area (Å²) >= 11 is 0. The van der Waals surface area contributed by atoms with Gasteiger partial charge in [0.1, 0.15) is 17.3 Å². The number of rotatable bonds is 4. The van der Waals surface area contributed by atoms with Crippen LogP contribution in [0.2, 0.25) is 0 Å². The first-order chi connectivity index (χ1) is 9.49. The molecule has 0 bridgehead atoms. The van der Waals surface area contributed by atoms with Gasteiger partial charge in [0, 0.05) is 11.1 Å². The molecule has 0 fully saturated rings. The molecule has 108 valence electrons. The number of benzene rings is 1. The SMILES string of the molecule is COc1ccc(C)cc1C(NN)c1c(C)oc(C)c1C. The molecule has 2 rings (SSSR count). The standard InChI is InChI=1S/C16H22N2O2/c1-9-6-7-14(19-5)13(8-9)16(18-17)15-10(2)11(3)20-12(15)4/h6-8,16,18H,17H2,1-5H3. The van der Waals surface area contributed by atoms with Crippen molar-refractivity contribution in [2.45, 2.75) is 33.7 Å². The van der Waals surface area contributed by atoms with Crippen LogP contribution in [0.3, 0.4) is 0 Å². The average Bonchev–Trinajstić information content (AvgIpc) is 2.67. The Labute approximate surface area is 119 Å². The van der Waals surface area contributed by atoms with Crippen LogP contribution in [-0.4, -0.2) is 7.11 Å². The lowest BCUT2D eigenvalue weighted by Crippen LogP contribution is -2.30. The van der Waals surface area contributed by atoms with Crippen LogP contribution in [-0.2, 0) is 0 Å². The number of nitrogens with one attached hydrogen (secondary N) is 1. The molecule has 1 atom stereocenters. The number of hydrazine groups is 1. The van der Waals surface area contributed by atoms with Gasteiger partial charge in [-0.25, -0.2) is 5.43 Å². The maximum absolute atomic E-state index is 5.81. The van der Waals surface area contributed by atoms with Gasteiger partial charge in [-0.15, -0.1) is 0 Å². The van der Waals surface area contributed by atoms with Gasteiger partial charge in [0.25, 0.3) is 0 Å². The van der Waals surface area contributed by atoms with E-state index in [2.05, 4.69) is 18.4 Å². The molecule has 0 aliphatic heterocycles. The molecule has 0 saturated heterocycles. The topological polar surface area (TPSA) is 60.4 Å². The molecule has 0 saturated carbocycles. The minimum atomic E-state index is -0.151. The highest BCUT2D eigenvalue weighted by molar-refractivity contribution is 5.47. The van der Waals surface area contributed by atoms with Crippen molar-refractivity contribution < 1.29 is 9.15 Å². The minimum Gasteiger partial charge on any atom is -0.496 e. The molecule has 0 aliphatic rings. The monoisotopic (exact) mass is 274 g/mol. The first-order valence-corrected chi connectivity index (χ1v) is 6.66. The highest BCUT2D eigenvalue weighted by atomic mass is 16.5. The molecule has 1 heterocycles. The van der Waals surface area contributed by atoms with Crippen LogP contribution in [0.1, 0.15) is 39.8 Å². The Hall–Kier alpha value is -1.78. The summed E-state index contributed by atoms with van der Waals surface area (Å²) in [5.74, 6) is 8.43. The summed E-state index contributed by atoms with van der Waals surface area (Å²) < 4.78 is 11.2. The van der Waals surface area contributed by atoms with Crippen molar-refractivity contribution in [1.82, 2.24) is 5.43 Å². The van der Waals surface area contributed by atoms with Crippen molar-refractivity contribution in [3.63, 3.8) is 0 Å². The van der Waals surface area contributed by atoms with E-state index >= 15 is 0 Å². The fourth-order valence-electron chi connectivity index (χ4n) is 2.64. The van der Waals surface area contributed by atoms with Crippen LogP contribution in [0.15, 0.2) is 22.6 Å². The molecule has 4 nitrogen and oxygen atoms in total. The van der Waals surface area contributed by atoms with Gasteiger partial charge in [-0.05, 0) is 39.3 Å². The summed E-state index contributed by atoms with van der Waals surface area (Å²) in [5.41, 5.74) is 7.27. The van der Waals surface area contributed by atoms with Gasteiger partial charge in [0.15, 0.2) is 0 Å². The second-order valence-electron chi connectivity index (χ2n) is 5.10. The molecule has 2 aromatic rings. The highest BCUT2D eigenvalue weighted by Crippen LogP contribution is 2.35. The largest absolute Gasteiger partial charge is 0.496 e. The molecular weight excluding hydrogens is 252 g/mol. The third-order valence-corrected chi connectivity index (χ3v) is 3.77. The maximum atomic E-state index is 5.81. The lowest BCUT2D eigenvalue weighted by atomic mass is 9.94. The summed E-state index contributed by atoms with van der Waals surface area (Å²) in [4.78, 5) is 0. The summed E-state index contributed by atoms with van der Waals surface area (Å²) in [6.07, 6.45) is 0. The number of hydrogen-bond donors (Lipinski definition) is 2. The Morgan fingerprint density at radius 3 is 2.35 bits per heavy atom. The van der Waals surface area contributed by atoms with Crippen LogP contribution in [0, 0.1) is 27.7 Å². The number of hydrogen-bond acceptors (Lipinski definition) is 4. The second kappa shape index (κ2) is 5.69. The van der Waals surface area contributed by atoms with E-state index in [1.807, 2.05) is 32.9 Å². The fourth-order valence-corrected chi connectivity index (χ4v) is 2.64. The first-order valence-electron chi connectivity index (χ1n) is 6.66. The van der Waals surface area contributed by atoms with Crippen molar-refractivity contribution in [2.75, 3.05) is 7.11 Å². The van der Waals surface area contributed by atoms with Crippen molar-refractivity contribution in [2.24, 2.45) is 5.84 Å².